The molecule has 0 saturated heterocycles. The lowest BCUT2D eigenvalue weighted by Crippen LogP contribution is -2.08. The Bertz CT molecular complexity index is 355. The van der Waals surface area contributed by atoms with Crippen LogP contribution < -0.4 is 0 Å². The maximum absolute atomic E-state index is 10.4. The molecule has 4 heteroatoms. The van der Waals surface area contributed by atoms with Crippen LogP contribution in [0.25, 0.3) is 0 Å². The first-order valence-corrected chi connectivity index (χ1v) is 3.57. The number of ether oxygens (including phenoxy) is 1. The smallest absolute Gasteiger partial charge is 0.235 e. The first-order chi connectivity index (χ1) is 6.31. The number of nitrogens with zero attached hydrogens (tertiary/aromatic N) is 1. The van der Waals surface area contributed by atoms with Gasteiger partial charge in [0.05, 0.1) is 12.7 Å². The summed E-state index contributed by atoms with van der Waals surface area (Å²) in [5.41, 5.74) is 0.266. The molecule has 0 spiro atoms. The lowest BCUT2D eigenvalue weighted by Gasteiger charge is -2.10. The van der Waals surface area contributed by atoms with Gasteiger partial charge >= 0.3 is 0 Å². The van der Waals surface area contributed by atoms with Crippen molar-refractivity contribution in [3.8, 4) is 0 Å². The van der Waals surface area contributed by atoms with Gasteiger partial charge in [-0.15, -0.1) is 0 Å². The predicted octanol–water partition coefficient (Wildman–Crippen LogP) is 0.549. The summed E-state index contributed by atoms with van der Waals surface area (Å²) in [5, 5.41) is 0. The van der Waals surface area contributed by atoms with Gasteiger partial charge in [0.15, 0.2) is 0 Å². The van der Waals surface area contributed by atoms with Gasteiger partial charge in [-0.05, 0) is 12.2 Å². The van der Waals surface area contributed by atoms with Gasteiger partial charge in [-0.2, -0.15) is 4.99 Å². The Hall–Kier alpha value is -1.89. The summed E-state index contributed by atoms with van der Waals surface area (Å²) in [6.07, 6.45) is 6.08. The van der Waals surface area contributed by atoms with Crippen LogP contribution in [-0.4, -0.2) is 25.2 Å². The Labute approximate surface area is 74.9 Å². The Morgan fingerprint density at radius 3 is 2.85 bits per heavy atom. The number of aliphatic imine (C=N–C) groups is 1. The molecule has 66 valence electrons. The minimum absolute atomic E-state index is 0.266. The molecular weight excluding hydrogens is 170 g/mol. The number of rotatable bonds is 2. The largest absolute Gasteiger partial charge is 0.497 e. The monoisotopic (exact) mass is 177 g/mol. The van der Waals surface area contributed by atoms with Crippen molar-refractivity contribution in [2.24, 2.45) is 4.99 Å². The maximum Gasteiger partial charge on any atom is 0.235 e. The normalized spacial score (nSPS) is 19.9. The van der Waals surface area contributed by atoms with E-state index in [2.05, 4.69) is 4.99 Å². The van der Waals surface area contributed by atoms with E-state index in [0.29, 0.717) is 5.76 Å². The zero-order valence-corrected chi connectivity index (χ0v) is 6.98. The van der Waals surface area contributed by atoms with Gasteiger partial charge in [0.2, 0.25) is 6.08 Å². The van der Waals surface area contributed by atoms with E-state index in [4.69, 9.17) is 4.74 Å². The molecule has 1 rings (SSSR count). The molecule has 0 heterocycles. The van der Waals surface area contributed by atoms with Crippen molar-refractivity contribution in [1.29, 1.82) is 0 Å². The number of methoxy groups -OCH3 is 1. The molecule has 0 aromatic carbocycles. The van der Waals surface area contributed by atoms with Crippen molar-refractivity contribution in [2.75, 3.05) is 7.11 Å². The molecule has 4 nitrogen and oxygen atoms in total. The average Bonchev–Trinajstić information content (AvgIpc) is 2.19. The first-order valence-electron chi connectivity index (χ1n) is 3.57. The molecule has 0 radical (unpaired) electrons. The van der Waals surface area contributed by atoms with Gasteiger partial charge < -0.3 is 4.74 Å². The Balaban J connectivity index is 3.00. The molecule has 0 bridgehead atoms. The SMILES string of the molecule is COC1=CC(=C=O)C(N=C=O)C=C1. The molecule has 0 amide bonds. The summed E-state index contributed by atoms with van der Waals surface area (Å²) in [7, 11) is 1.49. The molecule has 0 saturated carbocycles. The fraction of sp³-hybridized carbons (Fsp3) is 0.222. The molecule has 0 aromatic heterocycles. The highest BCUT2D eigenvalue weighted by molar-refractivity contribution is 5.63. The third kappa shape index (κ3) is 2.03. The van der Waals surface area contributed by atoms with Crippen molar-refractivity contribution in [3.63, 3.8) is 0 Å². The summed E-state index contributed by atoms with van der Waals surface area (Å²) in [6, 6.07) is -0.575. The maximum atomic E-state index is 10.4. The second kappa shape index (κ2) is 4.21. The van der Waals surface area contributed by atoms with Crippen LogP contribution in [0.1, 0.15) is 0 Å². The quantitative estimate of drug-likeness (QED) is 0.351. The predicted molar refractivity (Wildman–Crippen MR) is 45.3 cm³/mol. The van der Waals surface area contributed by atoms with Crippen LogP contribution in [0.15, 0.2) is 34.6 Å². The second-order valence-electron chi connectivity index (χ2n) is 2.33. The van der Waals surface area contributed by atoms with E-state index in [0.717, 1.165) is 0 Å². The summed E-state index contributed by atoms with van der Waals surface area (Å²) >= 11 is 0. The molecular formula is C9H7NO3. The third-order valence-electron chi connectivity index (χ3n) is 1.60. The molecule has 1 unspecified atom stereocenters. The van der Waals surface area contributed by atoms with Gasteiger partial charge in [0.25, 0.3) is 0 Å². The molecule has 0 aliphatic heterocycles. The van der Waals surface area contributed by atoms with Crippen molar-refractivity contribution in [1.82, 2.24) is 0 Å². The number of hydrogen-bond acceptors (Lipinski definition) is 4. The average molecular weight is 177 g/mol. The van der Waals surface area contributed by atoms with Crippen LogP contribution in [-0.2, 0) is 14.3 Å². The number of hydrogen-bond donors (Lipinski definition) is 0. The highest BCUT2D eigenvalue weighted by Crippen LogP contribution is 2.16. The van der Waals surface area contributed by atoms with Gasteiger partial charge in [-0.25, -0.2) is 9.59 Å². The highest BCUT2D eigenvalue weighted by atomic mass is 16.5. The van der Waals surface area contributed by atoms with E-state index in [9.17, 15) is 9.59 Å². The van der Waals surface area contributed by atoms with Gasteiger partial charge in [0.1, 0.15) is 17.7 Å². The molecule has 1 aliphatic carbocycles. The Morgan fingerprint density at radius 2 is 2.31 bits per heavy atom. The van der Waals surface area contributed by atoms with Crippen molar-refractivity contribution < 1.29 is 14.3 Å². The van der Waals surface area contributed by atoms with E-state index >= 15 is 0 Å². The van der Waals surface area contributed by atoms with E-state index in [1.807, 2.05) is 0 Å². The molecule has 0 fully saturated rings. The van der Waals surface area contributed by atoms with Gasteiger partial charge in [-0.3, -0.25) is 0 Å². The molecule has 1 atom stereocenters. The summed E-state index contributed by atoms with van der Waals surface area (Å²) < 4.78 is 4.88. The Kier molecular flexibility index (Phi) is 2.98. The van der Waals surface area contributed by atoms with Crippen molar-refractivity contribution in [3.05, 3.63) is 29.6 Å². The minimum atomic E-state index is -0.575. The van der Waals surface area contributed by atoms with Crippen LogP contribution in [0.5, 0.6) is 0 Å². The summed E-state index contributed by atoms with van der Waals surface area (Å²) in [4.78, 5) is 23.8. The fourth-order valence-electron chi connectivity index (χ4n) is 0.963. The molecule has 1 aliphatic rings. The zero-order valence-electron chi connectivity index (χ0n) is 6.98. The molecule has 13 heavy (non-hydrogen) atoms. The van der Waals surface area contributed by atoms with Crippen LogP contribution in [0, 0.1) is 0 Å². The van der Waals surface area contributed by atoms with E-state index in [1.165, 1.54) is 19.3 Å². The molecule has 0 N–H and O–H groups in total. The van der Waals surface area contributed by atoms with E-state index in [-0.39, 0.29) is 5.57 Å². The van der Waals surface area contributed by atoms with Gasteiger partial charge in [-0.1, -0.05) is 6.08 Å². The van der Waals surface area contributed by atoms with Crippen LogP contribution >= 0.6 is 0 Å². The summed E-state index contributed by atoms with van der Waals surface area (Å²) in [6.45, 7) is 0. The lowest BCUT2D eigenvalue weighted by molar-refractivity contribution is 0.305. The number of carbonyl (C=O) groups excluding carboxylic acids is 2. The second-order valence-corrected chi connectivity index (χ2v) is 2.33. The molecule has 0 aromatic rings. The van der Waals surface area contributed by atoms with E-state index in [1.54, 1.807) is 18.1 Å². The van der Waals surface area contributed by atoms with Crippen molar-refractivity contribution in [2.45, 2.75) is 6.04 Å². The van der Waals surface area contributed by atoms with Crippen LogP contribution in [0.4, 0.5) is 0 Å². The zero-order chi connectivity index (χ0) is 9.68. The summed E-state index contributed by atoms with van der Waals surface area (Å²) in [5.74, 6) is 2.23. The fourth-order valence-corrected chi connectivity index (χ4v) is 0.963. The minimum Gasteiger partial charge on any atom is -0.497 e. The van der Waals surface area contributed by atoms with Crippen LogP contribution in [0.2, 0.25) is 0 Å². The van der Waals surface area contributed by atoms with Crippen LogP contribution in [0.3, 0.4) is 0 Å². The van der Waals surface area contributed by atoms with Gasteiger partial charge in [0, 0.05) is 0 Å². The number of allylic oxidation sites excluding steroid dienone is 1. The van der Waals surface area contributed by atoms with E-state index < -0.39 is 6.04 Å². The van der Waals surface area contributed by atoms with Crippen molar-refractivity contribution >= 4 is 12.0 Å². The standard InChI is InChI=1S/C9H7NO3/c1-13-8-2-3-9(10-6-12)7(4-8)5-11/h2-4,9H,1H3. The Morgan fingerprint density at radius 1 is 1.54 bits per heavy atom. The number of isocyanates is 1. The lowest BCUT2D eigenvalue weighted by atomic mass is 10.0. The highest BCUT2D eigenvalue weighted by Gasteiger charge is 2.14. The topological polar surface area (TPSA) is 55.7 Å². The first kappa shape index (κ1) is 9.20. The third-order valence-corrected chi connectivity index (χ3v) is 1.60.